The second-order valence-electron chi connectivity index (χ2n) is 3.84. The number of rotatable bonds is 6. The first kappa shape index (κ1) is 24.8. The van der Waals surface area contributed by atoms with Crippen LogP contribution in [-0.4, -0.2) is 48.6 Å². The molecule has 0 aromatic carbocycles. The van der Waals surface area contributed by atoms with Gasteiger partial charge in [0.05, 0.1) is 6.61 Å². The van der Waals surface area contributed by atoms with Gasteiger partial charge in [0.25, 0.3) is 0 Å². The Bertz CT molecular complexity index is 461. The zero-order valence-electron chi connectivity index (χ0n) is 14.1. The molecular formula is C17H25N2O4W-. The fourth-order valence-electron chi connectivity index (χ4n) is 1.20. The maximum atomic E-state index is 7.57. The molecule has 0 aliphatic rings. The first-order valence-corrected chi connectivity index (χ1v) is 7.25. The Balaban J connectivity index is 0. The summed E-state index contributed by atoms with van der Waals surface area (Å²) in [7, 11) is 1.64. The van der Waals surface area contributed by atoms with Crippen molar-refractivity contribution in [1.82, 2.24) is 9.97 Å². The molecule has 6 nitrogen and oxygen atoms in total. The van der Waals surface area contributed by atoms with Crippen LogP contribution in [0.15, 0.2) is 48.8 Å². The topological polar surface area (TPSA) is 73.7 Å². The summed E-state index contributed by atoms with van der Waals surface area (Å²) in [5.41, 5.74) is 0. The van der Waals surface area contributed by atoms with Gasteiger partial charge in [-0.15, -0.1) is 0 Å². The molecule has 0 bridgehead atoms. The van der Waals surface area contributed by atoms with Crippen molar-refractivity contribution in [2.24, 2.45) is 0 Å². The molecule has 0 aliphatic heterocycles. The van der Waals surface area contributed by atoms with Crippen LogP contribution in [0.5, 0.6) is 11.8 Å². The average Bonchev–Trinajstić information content (AvgIpc) is 2.59. The van der Waals surface area contributed by atoms with E-state index in [9.17, 15) is 0 Å². The summed E-state index contributed by atoms with van der Waals surface area (Å²) in [6.45, 7) is 7.02. The van der Waals surface area contributed by atoms with Crippen LogP contribution >= 0.6 is 0 Å². The number of pyridine rings is 2. The van der Waals surface area contributed by atoms with Crippen molar-refractivity contribution in [1.29, 1.82) is 0 Å². The molecule has 0 fully saturated rings. The molecule has 0 saturated carbocycles. The van der Waals surface area contributed by atoms with Gasteiger partial charge >= 0.3 is 0 Å². The molecule has 1 N–H and O–H groups in total. The summed E-state index contributed by atoms with van der Waals surface area (Å²) < 4.78 is 15.0. The van der Waals surface area contributed by atoms with Crippen LogP contribution in [-0.2, 0) is 25.8 Å². The van der Waals surface area contributed by atoms with E-state index in [1.165, 1.54) is 0 Å². The van der Waals surface area contributed by atoms with E-state index in [1.807, 2.05) is 30.3 Å². The molecule has 2 aromatic rings. The number of methoxy groups -OCH3 is 1. The normalized spacial score (nSPS) is 8.50. The minimum Gasteiger partial charge on any atom is -0.511 e. The molecule has 0 aliphatic carbocycles. The zero-order valence-corrected chi connectivity index (χ0v) is 17.1. The van der Waals surface area contributed by atoms with E-state index in [0.29, 0.717) is 31.6 Å². The van der Waals surface area contributed by atoms with Crippen LogP contribution in [0.4, 0.5) is 0 Å². The Morgan fingerprint density at radius 2 is 1.46 bits per heavy atom. The van der Waals surface area contributed by atoms with E-state index in [0.717, 1.165) is 0 Å². The SMILES string of the molecule is CCO.COCCOc1ccccn1.[CH2-]COc1ccccn1.[W]. The van der Waals surface area contributed by atoms with Gasteiger partial charge in [-0.25, -0.2) is 9.97 Å². The predicted octanol–water partition coefficient (Wildman–Crippen LogP) is 2.40. The van der Waals surface area contributed by atoms with Gasteiger partial charge in [0.1, 0.15) is 6.61 Å². The smallest absolute Gasteiger partial charge is 0.213 e. The van der Waals surface area contributed by atoms with Crippen LogP contribution in [0.1, 0.15) is 6.92 Å². The first-order chi connectivity index (χ1) is 11.3. The molecule has 0 spiro atoms. The van der Waals surface area contributed by atoms with Gasteiger partial charge in [-0.1, -0.05) is 12.1 Å². The van der Waals surface area contributed by atoms with Gasteiger partial charge in [-0.3, -0.25) is 0 Å². The Hall–Kier alpha value is -1.49. The molecule has 24 heavy (non-hydrogen) atoms. The van der Waals surface area contributed by atoms with Gasteiger partial charge < -0.3 is 26.2 Å². The Labute approximate surface area is 158 Å². The van der Waals surface area contributed by atoms with E-state index < -0.39 is 0 Å². The third-order valence-corrected chi connectivity index (χ3v) is 2.06. The van der Waals surface area contributed by atoms with Crippen LogP contribution in [0.25, 0.3) is 0 Å². The van der Waals surface area contributed by atoms with Crippen LogP contribution in [0.2, 0.25) is 0 Å². The predicted molar refractivity (Wildman–Crippen MR) is 89.5 cm³/mol. The standard InChI is InChI=1S/C8H11NO2.C7H8NO.C2H6O.W/c1-10-6-7-11-8-4-2-3-5-9-8;1-2-9-7-5-3-4-6-8-7;1-2-3;/h2-5H,6-7H2,1H3;3-6H,1-2H2;3H,2H2,1H3;/q;-1;;. The molecule has 2 heterocycles. The first-order valence-electron chi connectivity index (χ1n) is 7.25. The summed E-state index contributed by atoms with van der Waals surface area (Å²) in [6.07, 6.45) is 3.38. The minimum atomic E-state index is 0. The second-order valence-corrected chi connectivity index (χ2v) is 3.84. The van der Waals surface area contributed by atoms with Crippen molar-refractivity contribution in [3.05, 3.63) is 55.7 Å². The van der Waals surface area contributed by atoms with Crippen molar-refractivity contribution in [2.75, 3.05) is 33.5 Å². The number of nitrogens with zero attached hydrogens (tertiary/aromatic N) is 2. The maximum absolute atomic E-state index is 7.57. The van der Waals surface area contributed by atoms with Gasteiger partial charge in [0.15, 0.2) is 0 Å². The Kier molecular flexibility index (Phi) is 20.2. The average molecular weight is 505 g/mol. The third-order valence-electron chi connectivity index (χ3n) is 2.06. The summed E-state index contributed by atoms with van der Waals surface area (Å²) in [5, 5.41) is 7.57. The minimum absolute atomic E-state index is 0. The van der Waals surface area contributed by atoms with Gasteiger partial charge in [0.2, 0.25) is 11.8 Å². The van der Waals surface area contributed by atoms with Gasteiger partial charge in [-0.05, 0) is 25.7 Å². The molecule has 0 atom stereocenters. The number of ether oxygens (including phenoxy) is 3. The summed E-state index contributed by atoms with van der Waals surface area (Å²) in [4.78, 5) is 7.88. The molecule has 0 unspecified atom stereocenters. The van der Waals surface area contributed by atoms with Gasteiger partial charge in [-0.2, -0.15) is 0 Å². The van der Waals surface area contributed by atoms with Crippen molar-refractivity contribution >= 4 is 0 Å². The fraction of sp³-hybridized carbons (Fsp3) is 0.353. The quantitative estimate of drug-likeness (QED) is 0.481. The van der Waals surface area contributed by atoms with E-state index in [4.69, 9.17) is 19.3 Å². The molecule has 2 aromatic heterocycles. The van der Waals surface area contributed by atoms with Crippen LogP contribution in [0, 0.1) is 6.92 Å². The van der Waals surface area contributed by atoms with Crippen LogP contribution < -0.4 is 9.47 Å². The molecular weight excluding hydrogens is 480 g/mol. The summed E-state index contributed by atoms with van der Waals surface area (Å²) in [5.74, 6) is 1.28. The van der Waals surface area contributed by atoms with E-state index in [2.05, 4.69) is 16.9 Å². The molecule has 7 heteroatoms. The van der Waals surface area contributed by atoms with E-state index in [1.54, 1.807) is 32.5 Å². The third kappa shape index (κ3) is 15.4. The zero-order chi connectivity index (χ0) is 17.2. The van der Waals surface area contributed by atoms with Crippen molar-refractivity contribution in [2.45, 2.75) is 6.92 Å². The number of hydrogen-bond acceptors (Lipinski definition) is 6. The van der Waals surface area contributed by atoms with Crippen LogP contribution in [0.3, 0.4) is 0 Å². The number of aliphatic hydroxyl groups is 1. The van der Waals surface area contributed by atoms with Crippen molar-refractivity contribution in [3.8, 4) is 11.8 Å². The van der Waals surface area contributed by atoms with Gasteiger partial charge in [0, 0.05) is 59.3 Å². The molecule has 0 saturated heterocycles. The molecule has 2 rings (SSSR count). The monoisotopic (exact) mass is 505 g/mol. The van der Waals surface area contributed by atoms with E-state index in [-0.39, 0.29) is 27.7 Å². The van der Waals surface area contributed by atoms with Crippen molar-refractivity contribution < 1.29 is 40.4 Å². The number of aromatic nitrogens is 2. The fourth-order valence-corrected chi connectivity index (χ4v) is 1.20. The Morgan fingerprint density at radius 1 is 0.958 bits per heavy atom. The van der Waals surface area contributed by atoms with E-state index >= 15 is 0 Å². The van der Waals surface area contributed by atoms with Crippen molar-refractivity contribution in [3.63, 3.8) is 0 Å². The molecule has 0 radical (unpaired) electrons. The number of aliphatic hydroxyl groups excluding tert-OH is 1. The maximum Gasteiger partial charge on any atom is 0.213 e. The largest absolute Gasteiger partial charge is 0.511 e. The molecule has 134 valence electrons. The summed E-state index contributed by atoms with van der Waals surface area (Å²) in [6, 6.07) is 11.1. The molecule has 0 amide bonds. The number of hydrogen-bond donors (Lipinski definition) is 1. The summed E-state index contributed by atoms with van der Waals surface area (Å²) >= 11 is 0. The Morgan fingerprint density at radius 3 is 1.83 bits per heavy atom. The second kappa shape index (κ2) is 19.6.